The van der Waals surface area contributed by atoms with Crippen LogP contribution in [0.1, 0.15) is 25.3 Å². The molecule has 0 amide bonds. The zero-order valence-electron chi connectivity index (χ0n) is 9.95. The van der Waals surface area contributed by atoms with E-state index in [-0.39, 0.29) is 5.41 Å². The highest BCUT2D eigenvalue weighted by atomic mass is 16.5. The number of methoxy groups -OCH3 is 1. The van der Waals surface area contributed by atoms with Gasteiger partial charge in [0, 0.05) is 12.0 Å². The van der Waals surface area contributed by atoms with E-state index in [0.29, 0.717) is 13.2 Å². The lowest BCUT2D eigenvalue weighted by atomic mass is 9.96. The second-order valence-electron chi connectivity index (χ2n) is 4.28. The maximum Gasteiger partial charge on any atom is 0.161 e. The molecule has 0 saturated heterocycles. The van der Waals surface area contributed by atoms with Crippen LogP contribution >= 0.6 is 0 Å². The van der Waals surface area contributed by atoms with Crippen LogP contribution in [0.15, 0.2) is 18.2 Å². The summed E-state index contributed by atoms with van der Waals surface area (Å²) >= 11 is 0. The molecule has 0 unspecified atom stereocenters. The molecule has 1 aliphatic rings. The van der Waals surface area contributed by atoms with Gasteiger partial charge >= 0.3 is 0 Å². The summed E-state index contributed by atoms with van der Waals surface area (Å²) in [5.41, 5.74) is 7.30. The van der Waals surface area contributed by atoms with Crippen molar-refractivity contribution in [1.82, 2.24) is 0 Å². The molecule has 1 fully saturated rings. The molecule has 0 spiro atoms. The number of hydrogen-bond donors (Lipinski definition) is 1. The van der Waals surface area contributed by atoms with Crippen molar-refractivity contribution in [2.45, 2.75) is 25.2 Å². The van der Waals surface area contributed by atoms with Crippen molar-refractivity contribution in [3.8, 4) is 11.5 Å². The molecule has 2 rings (SSSR count). The minimum Gasteiger partial charge on any atom is -0.493 e. The van der Waals surface area contributed by atoms with E-state index in [9.17, 15) is 0 Å². The summed E-state index contributed by atoms with van der Waals surface area (Å²) in [7, 11) is 1.67. The number of ether oxygens (including phenoxy) is 2. The molecule has 0 heterocycles. The van der Waals surface area contributed by atoms with Crippen LogP contribution in [0.2, 0.25) is 0 Å². The van der Waals surface area contributed by atoms with Crippen LogP contribution in [-0.2, 0) is 5.41 Å². The van der Waals surface area contributed by atoms with Gasteiger partial charge in [-0.1, -0.05) is 6.07 Å². The van der Waals surface area contributed by atoms with Crippen molar-refractivity contribution >= 4 is 0 Å². The fourth-order valence-corrected chi connectivity index (χ4v) is 2.03. The third kappa shape index (κ3) is 1.87. The lowest BCUT2D eigenvalue weighted by Crippen LogP contribution is -2.19. The molecule has 0 aliphatic heterocycles. The van der Waals surface area contributed by atoms with Crippen LogP contribution in [0, 0.1) is 0 Å². The van der Waals surface area contributed by atoms with Crippen molar-refractivity contribution < 1.29 is 9.47 Å². The molecule has 1 aromatic rings. The highest BCUT2D eigenvalue weighted by molar-refractivity contribution is 5.47. The number of benzene rings is 1. The first-order chi connectivity index (χ1) is 7.75. The van der Waals surface area contributed by atoms with Crippen LogP contribution in [-0.4, -0.2) is 20.3 Å². The lowest BCUT2D eigenvalue weighted by Gasteiger charge is -2.16. The maximum absolute atomic E-state index is 5.82. The molecule has 16 heavy (non-hydrogen) atoms. The zero-order valence-corrected chi connectivity index (χ0v) is 9.95. The second-order valence-corrected chi connectivity index (χ2v) is 4.28. The maximum atomic E-state index is 5.82. The van der Waals surface area contributed by atoms with Gasteiger partial charge < -0.3 is 15.2 Å². The van der Waals surface area contributed by atoms with E-state index in [2.05, 4.69) is 12.1 Å². The Balaban J connectivity index is 2.29. The van der Waals surface area contributed by atoms with Crippen molar-refractivity contribution in [1.29, 1.82) is 0 Å². The molecule has 0 bridgehead atoms. The van der Waals surface area contributed by atoms with Gasteiger partial charge in [-0.05, 0) is 37.5 Å². The fraction of sp³-hybridized carbons (Fsp3) is 0.538. The van der Waals surface area contributed by atoms with Gasteiger partial charge in [-0.25, -0.2) is 0 Å². The Hall–Kier alpha value is -1.22. The van der Waals surface area contributed by atoms with Gasteiger partial charge in [-0.2, -0.15) is 0 Å². The standard InChI is InChI=1S/C13H19NO2/c1-3-16-11-5-4-10(8-12(11)15-2)13(9-14)6-7-13/h4-5,8H,3,6-7,9,14H2,1-2H3. The predicted octanol–water partition coefficient (Wildman–Crippen LogP) is 2.08. The average Bonchev–Trinajstić information content (AvgIpc) is 3.11. The topological polar surface area (TPSA) is 44.5 Å². The van der Waals surface area contributed by atoms with Crippen molar-refractivity contribution in [3.63, 3.8) is 0 Å². The van der Waals surface area contributed by atoms with E-state index in [4.69, 9.17) is 15.2 Å². The Morgan fingerprint density at radius 2 is 2.06 bits per heavy atom. The van der Waals surface area contributed by atoms with E-state index < -0.39 is 0 Å². The first kappa shape index (κ1) is 11.3. The summed E-state index contributed by atoms with van der Waals surface area (Å²) in [5, 5.41) is 0. The molecule has 3 nitrogen and oxygen atoms in total. The Bertz CT molecular complexity index is 372. The average molecular weight is 221 g/mol. The van der Waals surface area contributed by atoms with E-state index in [1.807, 2.05) is 13.0 Å². The van der Waals surface area contributed by atoms with E-state index in [1.165, 1.54) is 18.4 Å². The van der Waals surface area contributed by atoms with E-state index in [0.717, 1.165) is 11.5 Å². The molecule has 0 atom stereocenters. The monoisotopic (exact) mass is 221 g/mol. The summed E-state index contributed by atoms with van der Waals surface area (Å²) < 4.78 is 10.8. The summed E-state index contributed by atoms with van der Waals surface area (Å²) in [4.78, 5) is 0. The van der Waals surface area contributed by atoms with Gasteiger partial charge in [0.05, 0.1) is 13.7 Å². The number of nitrogens with two attached hydrogens (primary N) is 1. The molecule has 1 aromatic carbocycles. The van der Waals surface area contributed by atoms with Crippen LogP contribution in [0.25, 0.3) is 0 Å². The highest BCUT2D eigenvalue weighted by Crippen LogP contribution is 2.48. The molecular formula is C13H19NO2. The normalized spacial score (nSPS) is 16.9. The van der Waals surface area contributed by atoms with Crippen LogP contribution in [0.4, 0.5) is 0 Å². The SMILES string of the molecule is CCOc1ccc(C2(CN)CC2)cc1OC. The van der Waals surface area contributed by atoms with E-state index in [1.54, 1.807) is 7.11 Å². The molecule has 1 aliphatic carbocycles. The summed E-state index contributed by atoms with van der Waals surface area (Å²) in [6.45, 7) is 3.33. The number of hydrogen-bond acceptors (Lipinski definition) is 3. The van der Waals surface area contributed by atoms with Crippen LogP contribution in [0.3, 0.4) is 0 Å². The highest BCUT2D eigenvalue weighted by Gasteiger charge is 2.43. The summed E-state index contributed by atoms with van der Waals surface area (Å²) in [5.74, 6) is 1.61. The first-order valence-corrected chi connectivity index (χ1v) is 5.77. The Labute approximate surface area is 96.5 Å². The van der Waals surface area contributed by atoms with Gasteiger partial charge in [-0.3, -0.25) is 0 Å². The molecular weight excluding hydrogens is 202 g/mol. The molecule has 1 saturated carbocycles. The smallest absolute Gasteiger partial charge is 0.161 e. The van der Waals surface area contributed by atoms with Crippen LogP contribution in [0.5, 0.6) is 11.5 Å². The third-order valence-corrected chi connectivity index (χ3v) is 3.32. The van der Waals surface area contributed by atoms with Gasteiger partial charge in [0.15, 0.2) is 11.5 Å². The van der Waals surface area contributed by atoms with Gasteiger partial charge in [0.2, 0.25) is 0 Å². The van der Waals surface area contributed by atoms with Gasteiger partial charge in [0.25, 0.3) is 0 Å². The van der Waals surface area contributed by atoms with E-state index >= 15 is 0 Å². The lowest BCUT2D eigenvalue weighted by molar-refractivity contribution is 0.310. The Morgan fingerprint density at radius 3 is 2.56 bits per heavy atom. The first-order valence-electron chi connectivity index (χ1n) is 5.77. The quantitative estimate of drug-likeness (QED) is 0.828. The largest absolute Gasteiger partial charge is 0.493 e. The zero-order chi connectivity index (χ0) is 11.6. The molecule has 2 N–H and O–H groups in total. The Morgan fingerprint density at radius 1 is 1.31 bits per heavy atom. The molecule has 0 aromatic heterocycles. The molecule has 88 valence electrons. The Kier molecular flexibility index (Phi) is 3.06. The molecule has 3 heteroatoms. The number of rotatable bonds is 5. The van der Waals surface area contributed by atoms with Gasteiger partial charge in [0.1, 0.15) is 0 Å². The predicted molar refractivity (Wildman–Crippen MR) is 64.1 cm³/mol. The van der Waals surface area contributed by atoms with Crippen molar-refractivity contribution in [3.05, 3.63) is 23.8 Å². The minimum absolute atomic E-state index is 0.206. The second kappa shape index (κ2) is 4.34. The summed E-state index contributed by atoms with van der Waals surface area (Å²) in [6.07, 6.45) is 2.36. The van der Waals surface area contributed by atoms with Crippen molar-refractivity contribution in [2.75, 3.05) is 20.3 Å². The molecule has 0 radical (unpaired) electrons. The van der Waals surface area contributed by atoms with Gasteiger partial charge in [-0.15, -0.1) is 0 Å². The third-order valence-electron chi connectivity index (χ3n) is 3.32. The van der Waals surface area contributed by atoms with Crippen LogP contribution < -0.4 is 15.2 Å². The fourth-order valence-electron chi connectivity index (χ4n) is 2.03. The summed E-state index contributed by atoms with van der Waals surface area (Å²) in [6, 6.07) is 6.14. The van der Waals surface area contributed by atoms with Crippen molar-refractivity contribution in [2.24, 2.45) is 5.73 Å². The minimum atomic E-state index is 0.206.